The van der Waals surface area contributed by atoms with Crippen molar-refractivity contribution < 1.29 is 13.7 Å². The molecule has 0 N–H and O–H groups in total. The number of hydrogen-bond acceptors (Lipinski definition) is 7. The number of nitriles is 1. The number of methoxy groups -OCH3 is 1. The molecule has 3 aromatic heterocycles. The Kier molecular flexibility index (Phi) is 4.98. The molecule has 9 nitrogen and oxygen atoms in total. The van der Waals surface area contributed by atoms with Crippen LogP contribution in [0.1, 0.15) is 56.0 Å². The number of benzene rings is 1. The van der Waals surface area contributed by atoms with Gasteiger partial charge in [-0.1, -0.05) is 18.0 Å². The molecule has 0 saturated heterocycles. The van der Waals surface area contributed by atoms with Gasteiger partial charge in [-0.05, 0) is 31.9 Å². The van der Waals surface area contributed by atoms with Gasteiger partial charge in [0, 0.05) is 13.0 Å². The first-order chi connectivity index (χ1) is 15.5. The predicted molar refractivity (Wildman–Crippen MR) is 113 cm³/mol. The maximum atomic E-state index is 14.5. The first kappa shape index (κ1) is 20.3. The summed E-state index contributed by atoms with van der Waals surface area (Å²) in [5.41, 5.74) is 0.532. The van der Waals surface area contributed by atoms with Crippen molar-refractivity contribution >= 4 is 16.6 Å². The number of halogens is 1. The first-order valence-corrected chi connectivity index (χ1v) is 10.5. The van der Waals surface area contributed by atoms with Crippen molar-refractivity contribution in [3.05, 3.63) is 46.1 Å². The van der Waals surface area contributed by atoms with E-state index in [4.69, 9.17) is 9.26 Å². The van der Waals surface area contributed by atoms with Gasteiger partial charge in [0.1, 0.15) is 35.0 Å². The van der Waals surface area contributed by atoms with Crippen LogP contribution in [0.2, 0.25) is 0 Å². The van der Waals surface area contributed by atoms with E-state index in [0.717, 1.165) is 25.7 Å². The molecule has 1 aromatic carbocycles. The minimum absolute atomic E-state index is 0.193. The summed E-state index contributed by atoms with van der Waals surface area (Å²) in [6.07, 6.45) is 5.72. The summed E-state index contributed by atoms with van der Waals surface area (Å²) >= 11 is 0. The molecule has 5 rings (SSSR count). The van der Waals surface area contributed by atoms with E-state index in [1.54, 1.807) is 11.3 Å². The molecule has 1 aliphatic carbocycles. The van der Waals surface area contributed by atoms with E-state index in [9.17, 15) is 14.4 Å². The molecule has 0 amide bonds. The van der Waals surface area contributed by atoms with Crippen LogP contribution in [0.5, 0.6) is 0 Å². The number of ether oxygens (including phenoxy) is 1. The summed E-state index contributed by atoms with van der Waals surface area (Å²) in [4.78, 5) is 22.6. The standard InChI is InChI=1S/C22H21FN6O3/c1-12(10-31-2)29-18-14(9-24)15(23)7-8-16(18)28-11-25-17(19(28)22(29)30)20-26-21(32-27-20)13-5-3-4-6-13/h7-8,11-13H,3-6,10H2,1-2H3. The van der Waals surface area contributed by atoms with Crippen molar-refractivity contribution in [2.24, 2.45) is 0 Å². The Balaban J connectivity index is 1.80. The Morgan fingerprint density at radius 2 is 2.12 bits per heavy atom. The van der Waals surface area contributed by atoms with Gasteiger partial charge >= 0.3 is 0 Å². The molecule has 0 radical (unpaired) electrons. The van der Waals surface area contributed by atoms with E-state index in [-0.39, 0.29) is 40.6 Å². The van der Waals surface area contributed by atoms with E-state index in [1.807, 2.05) is 6.07 Å². The summed E-state index contributed by atoms with van der Waals surface area (Å²) in [7, 11) is 1.52. The van der Waals surface area contributed by atoms with Gasteiger partial charge < -0.3 is 9.26 Å². The van der Waals surface area contributed by atoms with Crippen molar-refractivity contribution in [3.8, 4) is 17.6 Å². The van der Waals surface area contributed by atoms with Gasteiger partial charge in [-0.25, -0.2) is 9.37 Å². The molecule has 10 heteroatoms. The highest BCUT2D eigenvalue weighted by atomic mass is 19.1. The minimum Gasteiger partial charge on any atom is -0.383 e. The van der Waals surface area contributed by atoms with Crippen LogP contribution in [-0.2, 0) is 4.74 Å². The number of imidazole rings is 1. The van der Waals surface area contributed by atoms with Crippen LogP contribution < -0.4 is 5.56 Å². The van der Waals surface area contributed by atoms with Crippen molar-refractivity contribution in [3.63, 3.8) is 0 Å². The molecule has 164 valence electrons. The van der Waals surface area contributed by atoms with E-state index >= 15 is 0 Å². The summed E-state index contributed by atoms with van der Waals surface area (Å²) in [6.45, 7) is 1.97. The molecule has 1 atom stereocenters. The molecule has 0 bridgehead atoms. The molecule has 0 spiro atoms. The van der Waals surface area contributed by atoms with Gasteiger partial charge in [0.05, 0.1) is 23.7 Å². The van der Waals surface area contributed by atoms with Crippen LogP contribution in [0.25, 0.3) is 28.1 Å². The maximum absolute atomic E-state index is 14.5. The van der Waals surface area contributed by atoms with Crippen molar-refractivity contribution in [2.75, 3.05) is 13.7 Å². The number of fused-ring (bicyclic) bond motifs is 3. The smallest absolute Gasteiger partial charge is 0.278 e. The highest BCUT2D eigenvalue weighted by Crippen LogP contribution is 2.34. The molecule has 1 saturated carbocycles. The summed E-state index contributed by atoms with van der Waals surface area (Å²) in [5, 5.41) is 13.7. The first-order valence-electron chi connectivity index (χ1n) is 10.5. The number of nitrogens with zero attached hydrogens (tertiary/aromatic N) is 6. The lowest BCUT2D eigenvalue weighted by atomic mass is 10.1. The monoisotopic (exact) mass is 436 g/mol. The van der Waals surface area contributed by atoms with E-state index < -0.39 is 17.4 Å². The normalized spacial score (nSPS) is 15.6. The van der Waals surface area contributed by atoms with Crippen LogP contribution in [-0.4, -0.2) is 37.8 Å². The number of rotatable bonds is 5. The SMILES string of the molecule is COCC(C)n1c(=O)c2c(-c3noc(C4CCCC4)n3)ncn2c2ccc(F)c(C#N)c21. The zero-order valence-electron chi connectivity index (χ0n) is 17.7. The lowest BCUT2D eigenvalue weighted by molar-refractivity contribution is 0.162. The van der Waals surface area contributed by atoms with Gasteiger partial charge in [0.25, 0.3) is 5.56 Å². The third kappa shape index (κ3) is 3.00. The zero-order chi connectivity index (χ0) is 22.4. The molecular formula is C22H21FN6O3. The van der Waals surface area contributed by atoms with Gasteiger partial charge in [0.15, 0.2) is 0 Å². The fourth-order valence-corrected chi connectivity index (χ4v) is 4.62. The predicted octanol–water partition coefficient (Wildman–Crippen LogP) is 3.57. The molecule has 32 heavy (non-hydrogen) atoms. The third-order valence-corrected chi connectivity index (χ3v) is 6.11. The highest BCUT2D eigenvalue weighted by molar-refractivity contribution is 5.87. The number of aromatic nitrogens is 5. The van der Waals surface area contributed by atoms with E-state index in [2.05, 4.69) is 15.1 Å². The zero-order valence-corrected chi connectivity index (χ0v) is 17.7. The second kappa shape index (κ2) is 7.84. The van der Waals surface area contributed by atoms with Crippen LogP contribution in [0.4, 0.5) is 4.39 Å². The average molecular weight is 436 g/mol. The summed E-state index contributed by atoms with van der Waals surface area (Å²) in [5.74, 6) is 0.322. The summed E-state index contributed by atoms with van der Waals surface area (Å²) in [6, 6.07) is 4.17. The van der Waals surface area contributed by atoms with Crippen LogP contribution in [0.15, 0.2) is 27.8 Å². The van der Waals surface area contributed by atoms with Crippen LogP contribution >= 0.6 is 0 Å². The molecular weight excluding hydrogens is 415 g/mol. The third-order valence-electron chi connectivity index (χ3n) is 6.11. The molecule has 1 unspecified atom stereocenters. The Morgan fingerprint density at radius 1 is 1.34 bits per heavy atom. The van der Waals surface area contributed by atoms with Gasteiger partial charge in [-0.2, -0.15) is 10.2 Å². The Morgan fingerprint density at radius 3 is 2.84 bits per heavy atom. The van der Waals surface area contributed by atoms with Crippen molar-refractivity contribution in [1.29, 1.82) is 5.26 Å². The Bertz CT molecular complexity index is 1420. The molecule has 1 fully saturated rings. The lowest BCUT2D eigenvalue weighted by Gasteiger charge is -2.19. The number of hydrogen-bond donors (Lipinski definition) is 0. The molecule has 4 aromatic rings. The molecule has 1 aliphatic rings. The van der Waals surface area contributed by atoms with Crippen LogP contribution in [0.3, 0.4) is 0 Å². The van der Waals surface area contributed by atoms with E-state index in [0.29, 0.717) is 11.4 Å². The summed E-state index contributed by atoms with van der Waals surface area (Å²) < 4.78 is 28.1. The van der Waals surface area contributed by atoms with Gasteiger partial charge in [0.2, 0.25) is 11.7 Å². The fourth-order valence-electron chi connectivity index (χ4n) is 4.62. The van der Waals surface area contributed by atoms with E-state index in [1.165, 1.54) is 30.1 Å². The van der Waals surface area contributed by atoms with Crippen molar-refractivity contribution in [1.82, 2.24) is 24.1 Å². The van der Waals surface area contributed by atoms with Crippen molar-refractivity contribution in [2.45, 2.75) is 44.6 Å². The maximum Gasteiger partial charge on any atom is 0.278 e. The van der Waals surface area contributed by atoms with Gasteiger partial charge in [-0.15, -0.1) is 0 Å². The average Bonchev–Trinajstić information content (AvgIpc) is 3.53. The quantitative estimate of drug-likeness (QED) is 0.470. The Hall–Kier alpha value is -3.58. The molecule has 3 heterocycles. The Labute approximate surface area is 182 Å². The topological polar surface area (TPSA) is 111 Å². The van der Waals surface area contributed by atoms with Crippen LogP contribution in [0, 0.1) is 17.1 Å². The highest BCUT2D eigenvalue weighted by Gasteiger charge is 2.27. The second-order valence-corrected chi connectivity index (χ2v) is 8.13. The fraction of sp³-hybridized carbons (Fsp3) is 0.409. The second-order valence-electron chi connectivity index (χ2n) is 8.13. The lowest BCUT2D eigenvalue weighted by Crippen LogP contribution is -2.28. The minimum atomic E-state index is -0.697. The largest absolute Gasteiger partial charge is 0.383 e. The molecule has 0 aliphatic heterocycles. The van der Waals surface area contributed by atoms with Gasteiger partial charge in [-0.3, -0.25) is 13.8 Å².